The molecule has 1 aliphatic heterocycles. The molecule has 0 radical (unpaired) electrons. The lowest BCUT2D eigenvalue weighted by atomic mass is 9.65. The number of thiophene rings is 1. The first-order chi connectivity index (χ1) is 12.4. The lowest BCUT2D eigenvalue weighted by Gasteiger charge is -2.49. The van der Waals surface area contributed by atoms with E-state index in [1.807, 2.05) is 0 Å². The van der Waals surface area contributed by atoms with Crippen molar-refractivity contribution in [3.05, 3.63) is 21.9 Å². The molecule has 2 fully saturated rings. The van der Waals surface area contributed by atoms with Gasteiger partial charge < -0.3 is 9.80 Å². The summed E-state index contributed by atoms with van der Waals surface area (Å²) in [5.74, 6) is 0.333. The zero-order valence-electron chi connectivity index (χ0n) is 17.1. The van der Waals surface area contributed by atoms with E-state index < -0.39 is 0 Å². The molecule has 3 rings (SSSR count). The van der Waals surface area contributed by atoms with Crippen molar-refractivity contribution in [2.24, 2.45) is 5.41 Å². The van der Waals surface area contributed by atoms with Crippen molar-refractivity contribution in [3.8, 4) is 0 Å². The third kappa shape index (κ3) is 4.17. The zero-order valence-corrected chi connectivity index (χ0v) is 18.0. The van der Waals surface area contributed by atoms with E-state index in [1.165, 1.54) is 61.1 Å². The summed E-state index contributed by atoms with van der Waals surface area (Å²) in [7, 11) is 4.53. The lowest BCUT2D eigenvalue weighted by Crippen LogP contribution is -2.49. The number of rotatable bonds is 6. The standard InChI is InChI=1S/C22H36N2OS/c1-5-6-9-22(23(3)4)12-10-21(11-13-22)14-15-24(17-21)20(25)16-19-8-7-18(2)26-19/h7-8H,5-6,9-17H2,1-4H3. The summed E-state index contributed by atoms with van der Waals surface area (Å²) in [5.41, 5.74) is 0.792. The van der Waals surface area contributed by atoms with Gasteiger partial charge in [-0.3, -0.25) is 4.79 Å². The van der Waals surface area contributed by atoms with E-state index in [0.29, 0.717) is 23.3 Å². The van der Waals surface area contributed by atoms with Crippen molar-refractivity contribution in [3.63, 3.8) is 0 Å². The minimum atomic E-state index is 0.333. The van der Waals surface area contributed by atoms with Gasteiger partial charge in [0.2, 0.25) is 5.91 Å². The van der Waals surface area contributed by atoms with Gasteiger partial charge in [-0.2, -0.15) is 0 Å². The molecule has 1 aromatic heterocycles. The summed E-state index contributed by atoms with van der Waals surface area (Å²) < 4.78 is 0. The zero-order chi connectivity index (χ0) is 18.8. The Morgan fingerprint density at radius 1 is 1.19 bits per heavy atom. The minimum absolute atomic E-state index is 0.333. The average Bonchev–Trinajstić information content (AvgIpc) is 3.21. The van der Waals surface area contributed by atoms with Crippen LogP contribution in [0.1, 0.15) is 68.0 Å². The highest BCUT2D eigenvalue weighted by atomic mass is 32.1. The topological polar surface area (TPSA) is 23.6 Å². The molecular formula is C22H36N2OS. The number of hydrogen-bond acceptors (Lipinski definition) is 3. The van der Waals surface area contributed by atoms with Crippen LogP contribution in [0, 0.1) is 12.3 Å². The monoisotopic (exact) mass is 376 g/mol. The van der Waals surface area contributed by atoms with Crippen LogP contribution in [0.2, 0.25) is 0 Å². The van der Waals surface area contributed by atoms with Crippen molar-refractivity contribution in [2.45, 2.75) is 77.2 Å². The number of amides is 1. The molecule has 1 aromatic rings. The van der Waals surface area contributed by atoms with E-state index in [-0.39, 0.29) is 0 Å². The smallest absolute Gasteiger partial charge is 0.227 e. The van der Waals surface area contributed by atoms with Gasteiger partial charge in [-0.15, -0.1) is 11.3 Å². The molecule has 26 heavy (non-hydrogen) atoms. The predicted octanol–water partition coefficient (Wildman–Crippen LogP) is 4.88. The van der Waals surface area contributed by atoms with Crippen LogP contribution in [0.5, 0.6) is 0 Å². The van der Waals surface area contributed by atoms with Crippen molar-refractivity contribution in [2.75, 3.05) is 27.2 Å². The Balaban J connectivity index is 1.57. The first-order valence-electron chi connectivity index (χ1n) is 10.4. The van der Waals surface area contributed by atoms with E-state index in [4.69, 9.17) is 0 Å². The van der Waals surface area contributed by atoms with Gasteiger partial charge in [-0.1, -0.05) is 19.8 Å². The lowest BCUT2D eigenvalue weighted by molar-refractivity contribution is -0.130. The molecule has 1 amide bonds. The van der Waals surface area contributed by atoms with Crippen LogP contribution >= 0.6 is 11.3 Å². The number of unbranched alkanes of at least 4 members (excludes halogenated alkanes) is 1. The summed E-state index contributed by atoms with van der Waals surface area (Å²) in [6, 6.07) is 4.24. The van der Waals surface area contributed by atoms with Crippen LogP contribution in [-0.4, -0.2) is 48.4 Å². The van der Waals surface area contributed by atoms with Crippen LogP contribution in [0.4, 0.5) is 0 Å². The summed E-state index contributed by atoms with van der Waals surface area (Å²) >= 11 is 1.76. The maximum atomic E-state index is 12.8. The summed E-state index contributed by atoms with van der Waals surface area (Å²) in [6.07, 6.45) is 10.9. The third-order valence-corrected chi connectivity index (χ3v) is 8.10. The van der Waals surface area contributed by atoms with Gasteiger partial charge >= 0.3 is 0 Å². The van der Waals surface area contributed by atoms with Crippen LogP contribution < -0.4 is 0 Å². The summed E-state index contributed by atoms with van der Waals surface area (Å²) in [6.45, 7) is 6.37. The van der Waals surface area contributed by atoms with Gasteiger partial charge in [-0.25, -0.2) is 0 Å². The number of carbonyl (C=O) groups excluding carboxylic acids is 1. The second kappa shape index (κ2) is 8.02. The van der Waals surface area contributed by atoms with Gasteiger partial charge in [0.15, 0.2) is 0 Å². The van der Waals surface area contributed by atoms with Gasteiger partial charge in [0.05, 0.1) is 6.42 Å². The Hall–Kier alpha value is -0.870. The number of aryl methyl sites for hydroxylation is 1. The summed E-state index contributed by atoms with van der Waals surface area (Å²) in [5, 5.41) is 0. The Kier molecular flexibility index (Phi) is 6.13. The molecule has 0 unspecified atom stereocenters. The highest BCUT2D eigenvalue weighted by Gasteiger charge is 2.47. The first-order valence-corrected chi connectivity index (χ1v) is 11.2. The molecule has 1 spiro atoms. The molecule has 1 saturated carbocycles. The predicted molar refractivity (Wildman–Crippen MR) is 111 cm³/mol. The maximum absolute atomic E-state index is 12.8. The maximum Gasteiger partial charge on any atom is 0.227 e. The minimum Gasteiger partial charge on any atom is -0.342 e. The van der Waals surface area contributed by atoms with Gasteiger partial charge in [0, 0.05) is 28.4 Å². The van der Waals surface area contributed by atoms with Crippen molar-refractivity contribution in [1.29, 1.82) is 0 Å². The number of hydrogen-bond donors (Lipinski definition) is 0. The van der Waals surface area contributed by atoms with Crippen LogP contribution in [-0.2, 0) is 11.2 Å². The van der Waals surface area contributed by atoms with Crippen molar-refractivity contribution < 1.29 is 4.79 Å². The van der Waals surface area contributed by atoms with Crippen molar-refractivity contribution in [1.82, 2.24) is 9.80 Å². The Morgan fingerprint density at radius 3 is 2.50 bits per heavy atom. The SMILES string of the molecule is CCCCC1(N(C)C)CCC2(CCN(C(=O)Cc3ccc(C)s3)C2)CC1. The second-order valence-corrected chi connectivity index (χ2v) is 10.3. The Bertz CT molecular complexity index is 613. The largest absolute Gasteiger partial charge is 0.342 e. The Morgan fingerprint density at radius 2 is 1.92 bits per heavy atom. The molecule has 0 atom stereocenters. The molecular weight excluding hydrogens is 340 g/mol. The second-order valence-electron chi connectivity index (χ2n) is 8.98. The molecule has 0 aromatic carbocycles. The molecule has 3 nitrogen and oxygen atoms in total. The van der Waals surface area contributed by atoms with E-state index in [0.717, 1.165) is 13.1 Å². The van der Waals surface area contributed by atoms with Crippen molar-refractivity contribution >= 4 is 17.2 Å². The van der Waals surface area contributed by atoms with Gasteiger partial charge in [0.25, 0.3) is 0 Å². The number of carbonyl (C=O) groups is 1. The Labute approximate surface area is 163 Å². The van der Waals surface area contributed by atoms with Gasteiger partial charge in [0.1, 0.15) is 0 Å². The molecule has 2 heterocycles. The third-order valence-electron chi connectivity index (χ3n) is 7.10. The van der Waals surface area contributed by atoms with E-state index in [2.05, 4.69) is 49.9 Å². The molecule has 0 N–H and O–H groups in total. The fourth-order valence-electron chi connectivity index (χ4n) is 5.07. The molecule has 146 valence electrons. The van der Waals surface area contributed by atoms with E-state index in [1.54, 1.807) is 11.3 Å². The number of likely N-dealkylation sites (tertiary alicyclic amines) is 1. The van der Waals surface area contributed by atoms with E-state index in [9.17, 15) is 4.79 Å². The normalized spacial score (nSPS) is 29.0. The molecule has 0 bridgehead atoms. The molecule has 4 heteroatoms. The highest BCUT2D eigenvalue weighted by molar-refractivity contribution is 7.12. The van der Waals surface area contributed by atoms with Crippen LogP contribution in [0.25, 0.3) is 0 Å². The molecule has 1 saturated heterocycles. The highest BCUT2D eigenvalue weighted by Crippen LogP contribution is 2.49. The fraction of sp³-hybridized carbons (Fsp3) is 0.773. The average molecular weight is 377 g/mol. The van der Waals surface area contributed by atoms with Gasteiger partial charge in [-0.05, 0) is 77.1 Å². The quantitative estimate of drug-likeness (QED) is 0.706. The van der Waals surface area contributed by atoms with Crippen LogP contribution in [0.15, 0.2) is 12.1 Å². The first kappa shape index (κ1) is 19.9. The molecule has 1 aliphatic carbocycles. The summed E-state index contributed by atoms with van der Waals surface area (Å²) in [4.78, 5) is 19.9. The number of nitrogens with zero attached hydrogens (tertiary/aromatic N) is 2. The van der Waals surface area contributed by atoms with E-state index >= 15 is 0 Å². The fourth-order valence-corrected chi connectivity index (χ4v) is 5.95. The van der Waals surface area contributed by atoms with Crippen LogP contribution in [0.3, 0.4) is 0 Å². The molecule has 2 aliphatic rings.